The molecule has 0 atom stereocenters. The number of fused-ring (bicyclic) bond motifs is 1. The number of rotatable bonds is 4. The van der Waals surface area contributed by atoms with Gasteiger partial charge in [-0.3, -0.25) is 9.69 Å². The molecule has 0 aromatic carbocycles. The first kappa shape index (κ1) is 11.2. The smallest absolute Gasteiger partial charge is 0.275 e. The van der Waals surface area contributed by atoms with Crippen molar-refractivity contribution in [2.45, 2.75) is 6.54 Å². The predicted molar refractivity (Wildman–Crippen MR) is 62.5 cm³/mol. The van der Waals surface area contributed by atoms with Crippen LogP contribution in [0.25, 0.3) is 4.96 Å². The second-order valence-electron chi connectivity index (χ2n) is 3.55. The number of hydrogen-bond acceptors (Lipinski definition) is 6. The van der Waals surface area contributed by atoms with Crippen molar-refractivity contribution in [3.63, 3.8) is 0 Å². The monoisotopic (exact) mass is 239 g/mol. The summed E-state index contributed by atoms with van der Waals surface area (Å²) in [6, 6.07) is 1.51. The van der Waals surface area contributed by atoms with E-state index in [0.29, 0.717) is 18.1 Å². The molecule has 0 spiro atoms. The fourth-order valence-corrected chi connectivity index (χ4v) is 2.10. The molecule has 2 heterocycles. The van der Waals surface area contributed by atoms with Gasteiger partial charge in [-0.15, -0.1) is 0 Å². The van der Waals surface area contributed by atoms with Crippen LogP contribution in [0, 0.1) is 0 Å². The van der Waals surface area contributed by atoms with Crippen LogP contribution >= 0.6 is 11.3 Å². The lowest BCUT2D eigenvalue weighted by Gasteiger charge is -2.14. The minimum Gasteiger partial charge on any atom is -0.329 e. The van der Waals surface area contributed by atoms with Crippen LogP contribution in [0.3, 0.4) is 0 Å². The number of hydrogen-bond donors (Lipinski definition) is 1. The third-order valence-corrected chi connectivity index (χ3v) is 2.86. The maximum absolute atomic E-state index is 11.6. The maximum Gasteiger partial charge on any atom is 0.275 e. The van der Waals surface area contributed by atoms with Gasteiger partial charge in [0.1, 0.15) is 5.51 Å². The quantitative estimate of drug-likeness (QED) is 0.781. The Hall–Kier alpha value is -1.31. The molecule has 0 unspecified atom stereocenters. The van der Waals surface area contributed by atoms with Crippen LogP contribution < -0.4 is 11.3 Å². The number of likely N-dealkylation sites (N-methyl/N-ethyl adjacent to an activating group) is 1. The van der Waals surface area contributed by atoms with Crippen molar-refractivity contribution in [2.24, 2.45) is 5.73 Å². The van der Waals surface area contributed by atoms with E-state index in [1.165, 1.54) is 21.9 Å². The lowest BCUT2D eigenvalue weighted by Crippen LogP contribution is -2.26. The van der Waals surface area contributed by atoms with Gasteiger partial charge in [0.05, 0.1) is 5.69 Å². The van der Waals surface area contributed by atoms with Crippen LogP contribution in [0.4, 0.5) is 0 Å². The zero-order valence-corrected chi connectivity index (χ0v) is 9.78. The Morgan fingerprint density at radius 2 is 2.44 bits per heavy atom. The highest BCUT2D eigenvalue weighted by atomic mass is 32.1. The maximum atomic E-state index is 11.6. The van der Waals surface area contributed by atoms with E-state index in [2.05, 4.69) is 10.1 Å². The minimum absolute atomic E-state index is 0.137. The molecule has 0 aliphatic heterocycles. The van der Waals surface area contributed by atoms with Crippen molar-refractivity contribution < 1.29 is 0 Å². The van der Waals surface area contributed by atoms with Gasteiger partial charge in [0.15, 0.2) is 0 Å². The molecule has 0 amide bonds. The summed E-state index contributed by atoms with van der Waals surface area (Å²) in [5.41, 5.74) is 7.68. The summed E-state index contributed by atoms with van der Waals surface area (Å²) in [4.78, 5) is 18.6. The summed E-state index contributed by atoms with van der Waals surface area (Å²) in [5, 5.41) is 3.90. The van der Waals surface area contributed by atoms with Crippen LogP contribution in [0.1, 0.15) is 5.69 Å². The average molecular weight is 239 g/mol. The predicted octanol–water partition coefficient (Wildman–Crippen LogP) is -0.459. The van der Waals surface area contributed by atoms with Crippen molar-refractivity contribution in [1.82, 2.24) is 19.5 Å². The Morgan fingerprint density at radius 1 is 1.62 bits per heavy atom. The van der Waals surface area contributed by atoms with Gasteiger partial charge in [0.2, 0.25) is 4.96 Å². The van der Waals surface area contributed by atoms with Crippen molar-refractivity contribution in [1.29, 1.82) is 0 Å². The third-order valence-electron chi connectivity index (χ3n) is 2.18. The first-order chi connectivity index (χ1) is 7.70. The molecule has 86 valence electrons. The van der Waals surface area contributed by atoms with Crippen LogP contribution in [0.15, 0.2) is 16.4 Å². The fourth-order valence-electron chi connectivity index (χ4n) is 1.46. The lowest BCUT2D eigenvalue weighted by atomic mass is 10.3. The number of nitrogens with two attached hydrogens (primary N) is 1. The van der Waals surface area contributed by atoms with E-state index in [-0.39, 0.29) is 5.56 Å². The zero-order chi connectivity index (χ0) is 11.5. The van der Waals surface area contributed by atoms with Crippen molar-refractivity contribution >= 4 is 16.3 Å². The van der Waals surface area contributed by atoms with Crippen LogP contribution in [-0.4, -0.2) is 39.6 Å². The molecule has 0 aliphatic carbocycles. The Bertz CT molecular complexity index is 534. The van der Waals surface area contributed by atoms with Gasteiger partial charge >= 0.3 is 0 Å². The summed E-state index contributed by atoms with van der Waals surface area (Å²) in [6.45, 7) is 2.00. The molecule has 2 N–H and O–H groups in total. The second-order valence-corrected chi connectivity index (χ2v) is 4.36. The minimum atomic E-state index is -0.137. The Labute approximate surface area is 96.3 Å². The number of nitrogens with zero attached hydrogens (tertiary/aromatic N) is 4. The fraction of sp³-hybridized carbons (Fsp3) is 0.444. The molecule has 16 heavy (non-hydrogen) atoms. The standard InChI is InChI=1S/C9H13N5OS/c1-13(3-2-10)5-7-4-8(15)14-9(12-7)16-6-11-14/h4,6H,2-3,5,10H2,1H3. The molecule has 0 bridgehead atoms. The van der Waals surface area contributed by atoms with Gasteiger partial charge in [0.25, 0.3) is 5.56 Å². The third kappa shape index (κ3) is 2.26. The Kier molecular flexibility index (Phi) is 3.28. The molecule has 0 fully saturated rings. The van der Waals surface area contributed by atoms with E-state index in [1.54, 1.807) is 5.51 Å². The van der Waals surface area contributed by atoms with E-state index in [1.807, 2.05) is 11.9 Å². The molecule has 7 heteroatoms. The van der Waals surface area contributed by atoms with E-state index in [0.717, 1.165) is 12.2 Å². The highest BCUT2D eigenvalue weighted by Gasteiger charge is 2.06. The molecule has 2 aromatic rings. The van der Waals surface area contributed by atoms with Gasteiger partial charge in [-0.25, -0.2) is 4.98 Å². The summed E-state index contributed by atoms with van der Waals surface area (Å²) in [5.74, 6) is 0. The molecule has 0 saturated heterocycles. The van der Waals surface area contributed by atoms with Crippen LogP contribution in [0.5, 0.6) is 0 Å². The van der Waals surface area contributed by atoms with Gasteiger partial charge in [-0.05, 0) is 7.05 Å². The average Bonchev–Trinajstić information content (AvgIpc) is 2.66. The molecule has 0 saturated carbocycles. The van der Waals surface area contributed by atoms with Crippen molar-refractivity contribution in [3.8, 4) is 0 Å². The molecular weight excluding hydrogens is 226 g/mol. The summed E-state index contributed by atoms with van der Waals surface area (Å²) >= 11 is 1.35. The highest BCUT2D eigenvalue weighted by Crippen LogP contribution is 2.05. The van der Waals surface area contributed by atoms with Gasteiger partial charge < -0.3 is 5.73 Å². The van der Waals surface area contributed by atoms with Gasteiger partial charge in [-0.1, -0.05) is 11.3 Å². The van der Waals surface area contributed by atoms with Crippen LogP contribution in [-0.2, 0) is 6.54 Å². The molecule has 0 aliphatic rings. The van der Waals surface area contributed by atoms with Gasteiger partial charge in [0, 0.05) is 25.7 Å². The molecular formula is C9H13N5OS. The summed E-state index contributed by atoms with van der Waals surface area (Å²) < 4.78 is 1.30. The summed E-state index contributed by atoms with van der Waals surface area (Å²) in [6.07, 6.45) is 0. The summed E-state index contributed by atoms with van der Waals surface area (Å²) in [7, 11) is 1.95. The normalized spacial score (nSPS) is 11.4. The number of aromatic nitrogens is 3. The highest BCUT2D eigenvalue weighted by molar-refractivity contribution is 7.14. The van der Waals surface area contributed by atoms with E-state index < -0.39 is 0 Å². The SMILES string of the molecule is CN(CCN)Cc1cc(=O)n2ncsc2n1. The Morgan fingerprint density at radius 3 is 3.19 bits per heavy atom. The van der Waals surface area contributed by atoms with Gasteiger partial charge in [-0.2, -0.15) is 9.61 Å². The molecule has 2 rings (SSSR count). The first-order valence-corrected chi connectivity index (χ1v) is 5.80. The van der Waals surface area contributed by atoms with Crippen molar-refractivity contribution in [2.75, 3.05) is 20.1 Å². The van der Waals surface area contributed by atoms with E-state index >= 15 is 0 Å². The van der Waals surface area contributed by atoms with E-state index in [4.69, 9.17) is 5.73 Å². The van der Waals surface area contributed by atoms with E-state index in [9.17, 15) is 4.79 Å². The van der Waals surface area contributed by atoms with Crippen molar-refractivity contribution in [3.05, 3.63) is 27.6 Å². The first-order valence-electron chi connectivity index (χ1n) is 4.92. The topological polar surface area (TPSA) is 76.5 Å². The zero-order valence-electron chi connectivity index (χ0n) is 8.96. The second kappa shape index (κ2) is 4.69. The Balaban J connectivity index is 2.28. The van der Waals surface area contributed by atoms with Crippen LogP contribution in [0.2, 0.25) is 0 Å². The molecule has 2 aromatic heterocycles. The largest absolute Gasteiger partial charge is 0.329 e. The molecule has 0 radical (unpaired) electrons. The lowest BCUT2D eigenvalue weighted by molar-refractivity contribution is 0.332. The molecule has 6 nitrogen and oxygen atoms in total.